The maximum atomic E-state index is 5.50. The molecule has 2 N–H and O–H groups in total. The third-order valence-electron chi connectivity index (χ3n) is 3.65. The Bertz CT molecular complexity index is 578. The van der Waals surface area contributed by atoms with Crippen LogP contribution in [0.1, 0.15) is 18.9 Å². The largest absolute Gasteiger partial charge is 0.493 e. The molecule has 1 fully saturated rings. The van der Waals surface area contributed by atoms with E-state index < -0.39 is 0 Å². The Hall–Kier alpha value is -2.35. The average Bonchev–Trinajstić information content (AvgIpc) is 3.24. The van der Waals surface area contributed by atoms with Gasteiger partial charge in [-0.3, -0.25) is 4.99 Å². The minimum atomic E-state index is 0.218. The second-order valence-corrected chi connectivity index (χ2v) is 5.37. The summed E-state index contributed by atoms with van der Waals surface area (Å²) < 4.78 is 10.8. The summed E-state index contributed by atoms with van der Waals surface area (Å²) in [6.07, 6.45) is 6.44. The number of guanidine groups is 1. The second kappa shape index (κ2) is 7.60. The zero-order valence-electron chi connectivity index (χ0n) is 13.3. The smallest absolute Gasteiger partial charge is 0.191 e. The molecule has 5 nitrogen and oxygen atoms in total. The van der Waals surface area contributed by atoms with Crippen molar-refractivity contribution in [3.05, 3.63) is 23.8 Å². The Balaban J connectivity index is 1.95. The van der Waals surface area contributed by atoms with Crippen molar-refractivity contribution in [2.75, 3.05) is 20.8 Å². The summed E-state index contributed by atoms with van der Waals surface area (Å²) in [5.41, 5.74) is 1.07. The van der Waals surface area contributed by atoms with Crippen molar-refractivity contribution < 1.29 is 9.47 Å². The van der Waals surface area contributed by atoms with Crippen molar-refractivity contribution in [2.24, 2.45) is 10.9 Å². The van der Waals surface area contributed by atoms with Crippen LogP contribution in [0.15, 0.2) is 23.2 Å². The maximum absolute atomic E-state index is 5.50. The van der Waals surface area contributed by atoms with Crippen LogP contribution in [-0.4, -0.2) is 32.8 Å². The van der Waals surface area contributed by atoms with Gasteiger partial charge < -0.3 is 20.1 Å². The molecule has 118 valence electrons. The van der Waals surface area contributed by atoms with Gasteiger partial charge in [0.25, 0.3) is 0 Å². The summed E-state index contributed by atoms with van der Waals surface area (Å²) in [6, 6.07) is 6.33. The minimum Gasteiger partial charge on any atom is -0.493 e. The van der Waals surface area contributed by atoms with E-state index in [2.05, 4.69) is 28.5 Å². The van der Waals surface area contributed by atoms with Crippen molar-refractivity contribution in [3.8, 4) is 23.8 Å². The first-order valence-electron chi connectivity index (χ1n) is 7.38. The van der Waals surface area contributed by atoms with Gasteiger partial charge in [-0.05, 0) is 30.0 Å². The number of rotatable bonds is 6. The van der Waals surface area contributed by atoms with Crippen LogP contribution in [0.25, 0.3) is 0 Å². The molecule has 0 aliphatic heterocycles. The fraction of sp³-hybridized carbons (Fsp3) is 0.471. The highest BCUT2D eigenvalue weighted by Gasteiger charge is 2.33. The number of hydrogen-bond acceptors (Lipinski definition) is 3. The lowest BCUT2D eigenvalue weighted by atomic mass is 10.2. The molecule has 1 aromatic rings. The summed E-state index contributed by atoms with van der Waals surface area (Å²) in [5.74, 6) is 5.32. The van der Waals surface area contributed by atoms with Gasteiger partial charge in [0.05, 0.1) is 7.11 Å². The van der Waals surface area contributed by atoms with Gasteiger partial charge in [0.15, 0.2) is 17.5 Å². The summed E-state index contributed by atoms with van der Waals surface area (Å²) in [5, 5.41) is 6.69. The molecule has 2 atom stereocenters. The van der Waals surface area contributed by atoms with Crippen molar-refractivity contribution in [2.45, 2.75) is 25.9 Å². The molecule has 2 rings (SSSR count). The Labute approximate surface area is 132 Å². The molecule has 0 spiro atoms. The lowest BCUT2D eigenvalue weighted by molar-refractivity contribution is 0.330. The normalized spacial score (nSPS) is 20.0. The van der Waals surface area contributed by atoms with Gasteiger partial charge in [-0.15, -0.1) is 6.42 Å². The van der Waals surface area contributed by atoms with Crippen molar-refractivity contribution in [1.29, 1.82) is 0 Å². The molecule has 2 unspecified atom stereocenters. The fourth-order valence-electron chi connectivity index (χ4n) is 2.14. The number of benzene rings is 1. The van der Waals surface area contributed by atoms with E-state index in [4.69, 9.17) is 15.9 Å². The standard InChI is InChI=1S/C17H23N3O2/c1-5-8-22-16-10-13(6-7-15(16)21-4)11-19-17(18-3)20-14-9-12(14)2/h1,6-7,10,12,14H,8-9,11H2,2-4H3,(H2,18,19,20). The molecule has 0 aromatic heterocycles. The van der Waals surface area contributed by atoms with Crippen LogP contribution in [0.3, 0.4) is 0 Å². The van der Waals surface area contributed by atoms with Crippen molar-refractivity contribution in [3.63, 3.8) is 0 Å². The number of nitrogens with one attached hydrogen (secondary N) is 2. The monoisotopic (exact) mass is 301 g/mol. The molecule has 22 heavy (non-hydrogen) atoms. The van der Waals surface area contributed by atoms with Crippen LogP contribution in [0.5, 0.6) is 11.5 Å². The molecule has 1 aliphatic carbocycles. The van der Waals surface area contributed by atoms with Gasteiger partial charge in [-0.2, -0.15) is 0 Å². The van der Waals surface area contributed by atoms with Gasteiger partial charge in [0.2, 0.25) is 0 Å². The first kappa shape index (κ1) is 16.0. The van der Waals surface area contributed by atoms with E-state index >= 15 is 0 Å². The summed E-state index contributed by atoms with van der Waals surface area (Å²) in [4.78, 5) is 4.24. The maximum Gasteiger partial charge on any atom is 0.191 e. The summed E-state index contributed by atoms with van der Waals surface area (Å²) >= 11 is 0. The zero-order chi connectivity index (χ0) is 15.9. The molecule has 1 aromatic carbocycles. The molecule has 0 saturated heterocycles. The zero-order valence-corrected chi connectivity index (χ0v) is 13.3. The third kappa shape index (κ3) is 4.32. The van der Waals surface area contributed by atoms with Crippen LogP contribution >= 0.6 is 0 Å². The Kier molecular flexibility index (Phi) is 5.54. The van der Waals surface area contributed by atoms with E-state index in [9.17, 15) is 0 Å². The van der Waals surface area contributed by atoms with E-state index in [1.54, 1.807) is 14.2 Å². The molecule has 1 saturated carbocycles. The number of hydrogen-bond donors (Lipinski definition) is 2. The molecule has 0 radical (unpaired) electrons. The molecular formula is C17H23N3O2. The van der Waals surface area contributed by atoms with Gasteiger partial charge in [-0.25, -0.2) is 0 Å². The molecule has 0 amide bonds. The topological polar surface area (TPSA) is 54.9 Å². The highest BCUT2D eigenvalue weighted by atomic mass is 16.5. The van der Waals surface area contributed by atoms with Crippen LogP contribution in [0.2, 0.25) is 0 Å². The number of ether oxygens (including phenoxy) is 2. The van der Waals surface area contributed by atoms with Gasteiger partial charge in [0, 0.05) is 19.6 Å². The number of nitrogens with zero attached hydrogens (tertiary/aromatic N) is 1. The van der Waals surface area contributed by atoms with Crippen LogP contribution in [0, 0.1) is 18.3 Å². The summed E-state index contributed by atoms with van der Waals surface area (Å²) in [6.45, 7) is 3.09. The number of methoxy groups -OCH3 is 1. The van der Waals surface area contributed by atoms with Crippen molar-refractivity contribution >= 4 is 5.96 Å². The van der Waals surface area contributed by atoms with Crippen molar-refractivity contribution in [1.82, 2.24) is 10.6 Å². The highest BCUT2D eigenvalue weighted by molar-refractivity contribution is 5.80. The van der Waals surface area contributed by atoms with E-state index in [0.717, 1.165) is 17.4 Å². The predicted molar refractivity (Wildman–Crippen MR) is 88.2 cm³/mol. The predicted octanol–water partition coefficient (Wildman–Crippen LogP) is 1.78. The summed E-state index contributed by atoms with van der Waals surface area (Å²) in [7, 11) is 3.39. The molecular weight excluding hydrogens is 278 g/mol. The van der Waals surface area contributed by atoms with E-state index in [-0.39, 0.29) is 6.61 Å². The molecule has 0 heterocycles. The first-order chi connectivity index (χ1) is 10.7. The van der Waals surface area contributed by atoms with E-state index in [1.807, 2.05) is 18.2 Å². The Morgan fingerprint density at radius 3 is 2.82 bits per heavy atom. The Morgan fingerprint density at radius 1 is 1.45 bits per heavy atom. The van der Waals surface area contributed by atoms with Crippen LogP contribution in [0.4, 0.5) is 0 Å². The first-order valence-corrected chi connectivity index (χ1v) is 7.38. The second-order valence-electron chi connectivity index (χ2n) is 5.37. The lowest BCUT2D eigenvalue weighted by Crippen LogP contribution is -2.38. The lowest BCUT2D eigenvalue weighted by Gasteiger charge is -2.13. The molecule has 0 bridgehead atoms. The van der Waals surface area contributed by atoms with Crippen LogP contribution < -0.4 is 20.1 Å². The third-order valence-corrected chi connectivity index (χ3v) is 3.65. The van der Waals surface area contributed by atoms with E-state index in [1.165, 1.54) is 6.42 Å². The Morgan fingerprint density at radius 2 is 2.23 bits per heavy atom. The average molecular weight is 301 g/mol. The SMILES string of the molecule is C#CCOc1cc(CNC(=NC)NC2CC2C)ccc1OC. The van der Waals surface area contributed by atoms with Gasteiger partial charge in [-0.1, -0.05) is 18.9 Å². The van der Waals surface area contributed by atoms with Gasteiger partial charge >= 0.3 is 0 Å². The number of terminal acetylenes is 1. The van der Waals surface area contributed by atoms with Crippen LogP contribution in [-0.2, 0) is 6.54 Å². The number of aliphatic imine (C=N–C) groups is 1. The molecule has 1 aliphatic rings. The minimum absolute atomic E-state index is 0.218. The fourth-order valence-corrected chi connectivity index (χ4v) is 2.14. The van der Waals surface area contributed by atoms with E-state index in [0.29, 0.717) is 24.1 Å². The molecule has 5 heteroatoms. The van der Waals surface area contributed by atoms with Gasteiger partial charge in [0.1, 0.15) is 6.61 Å². The highest BCUT2D eigenvalue weighted by Crippen LogP contribution is 2.29. The quantitative estimate of drug-likeness (QED) is 0.478.